The van der Waals surface area contributed by atoms with Crippen molar-refractivity contribution in [2.24, 2.45) is 0 Å². The van der Waals surface area contributed by atoms with Crippen molar-refractivity contribution in [2.75, 3.05) is 0 Å². The van der Waals surface area contributed by atoms with E-state index >= 15 is 0 Å². The van der Waals surface area contributed by atoms with Crippen LogP contribution in [0.3, 0.4) is 0 Å². The van der Waals surface area contributed by atoms with E-state index in [2.05, 4.69) is 62.0 Å². The van der Waals surface area contributed by atoms with Crippen LogP contribution in [0.25, 0.3) is 0 Å². The molecule has 0 saturated carbocycles. The summed E-state index contributed by atoms with van der Waals surface area (Å²) in [5.41, 5.74) is 1.35. The first-order valence-corrected chi connectivity index (χ1v) is 7.31. The third-order valence-corrected chi connectivity index (χ3v) is 3.60. The monoisotopic (exact) mass is 251 g/mol. The first-order chi connectivity index (χ1) is 8.52. The maximum atomic E-state index is 4.67. The van der Waals surface area contributed by atoms with Crippen LogP contribution < -0.4 is 5.32 Å². The molecule has 3 heteroatoms. The summed E-state index contributed by atoms with van der Waals surface area (Å²) in [4.78, 5) is 0. The van der Waals surface area contributed by atoms with E-state index in [1.165, 1.54) is 12.8 Å². The molecular weight excluding hydrogens is 222 g/mol. The molecule has 1 heterocycles. The molecule has 0 aliphatic carbocycles. The quantitative estimate of drug-likeness (QED) is 0.759. The van der Waals surface area contributed by atoms with Gasteiger partial charge in [-0.05, 0) is 39.2 Å². The van der Waals surface area contributed by atoms with E-state index < -0.39 is 0 Å². The zero-order valence-electron chi connectivity index (χ0n) is 12.7. The lowest BCUT2D eigenvalue weighted by atomic mass is 9.99. The van der Waals surface area contributed by atoms with Gasteiger partial charge >= 0.3 is 0 Å². The van der Waals surface area contributed by atoms with Crippen molar-refractivity contribution >= 4 is 0 Å². The van der Waals surface area contributed by atoms with E-state index in [1.807, 2.05) is 0 Å². The fraction of sp³-hybridized carbons (Fsp3) is 0.800. The van der Waals surface area contributed by atoms with Gasteiger partial charge in [0.15, 0.2) is 0 Å². The van der Waals surface area contributed by atoms with E-state index in [0.717, 1.165) is 25.1 Å². The Bertz CT molecular complexity index is 337. The van der Waals surface area contributed by atoms with Crippen molar-refractivity contribution in [1.82, 2.24) is 15.1 Å². The first-order valence-electron chi connectivity index (χ1n) is 7.31. The molecule has 0 aromatic carbocycles. The van der Waals surface area contributed by atoms with Crippen LogP contribution in [-0.4, -0.2) is 15.3 Å². The molecule has 0 radical (unpaired) electrons. The summed E-state index contributed by atoms with van der Waals surface area (Å²) in [6.45, 7) is 12.0. The second kappa shape index (κ2) is 6.93. The van der Waals surface area contributed by atoms with Crippen LogP contribution in [-0.2, 0) is 6.54 Å². The average molecular weight is 251 g/mol. The van der Waals surface area contributed by atoms with Crippen LogP contribution in [0, 0.1) is 0 Å². The molecule has 0 amide bonds. The van der Waals surface area contributed by atoms with Gasteiger partial charge in [-0.15, -0.1) is 0 Å². The summed E-state index contributed by atoms with van der Waals surface area (Å²) < 4.78 is 2.11. The van der Waals surface area contributed by atoms with Gasteiger partial charge in [0.05, 0.1) is 11.7 Å². The smallest absolute Gasteiger partial charge is 0.0762 e. The summed E-state index contributed by atoms with van der Waals surface area (Å²) in [6, 6.07) is 2.68. The minimum Gasteiger partial charge on any atom is -0.306 e. The van der Waals surface area contributed by atoms with E-state index in [-0.39, 0.29) is 5.54 Å². The molecule has 1 aromatic heterocycles. The molecule has 0 fully saturated rings. The Morgan fingerprint density at radius 1 is 1.28 bits per heavy atom. The van der Waals surface area contributed by atoms with Crippen LogP contribution in [0.2, 0.25) is 0 Å². The highest BCUT2D eigenvalue weighted by atomic mass is 15.3. The zero-order chi connectivity index (χ0) is 13.6. The molecule has 1 N–H and O–H groups in total. The van der Waals surface area contributed by atoms with Gasteiger partial charge in [0.1, 0.15) is 0 Å². The van der Waals surface area contributed by atoms with Crippen LogP contribution in [0.4, 0.5) is 0 Å². The molecule has 104 valence electrons. The lowest BCUT2D eigenvalue weighted by Gasteiger charge is -2.25. The first kappa shape index (κ1) is 15.2. The topological polar surface area (TPSA) is 29.9 Å². The number of nitrogens with one attached hydrogen (secondary N) is 1. The zero-order valence-corrected chi connectivity index (χ0v) is 12.7. The Kier molecular flexibility index (Phi) is 5.86. The van der Waals surface area contributed by atoms with Gasteiger partial charge in [-0.1, -0.05) is 27.2 Å². The average Bonchev–Trinajstić information content (AvgIpc) is 2.77. The molecule has 0 saturated heterocycles. The molecule has 0 aliphatic heterocycles. The summed E-state index contributed by atoms with van der Waals surface area (Å²) in [6.07, 6.45) is 6.81. The highest BCUT2D eigenvalue weighted by Gasteiger charge is 2.16. The Labute approximate surface area is 112 Å². The van der Waals surface area contributed by atoms with E-state index in [9.17, 15) is 0 Å². The van der Waals surface area contributed by atoms with Crippen molar-refractivity contribution in [3.05, 3.63) is 18.0 Å². The molecule has 0 atom stereocenters. The number of rotatable bonds is 8. The lowest BCUT2D eigenvalue weighted by molar-refractivity contribution is 0.352. The van der Waals surface area contributed by atoms with Crippen molar-refractivity contribution in [1.29, 1.82) is 0 Å². The van der Waals surface area contributed by atoms with Gasteiger partial charge in [-0.3, -0.25) is 4.68 Å². The molecule has 1 rings (SSSR count). The highest BCUT2D eigenvalue weighted by Crippen LogP contribution is 2.15. The Hall–Kier alpha value is -0.830. The minimum absolute atomic E-state index is 0.202. The van der Waals surface area contributed by atoms with E-state index in [1.54, 1.807) is 0 Å². The van der Waals surface area contributed by atoms with Crippen LogP contribution in [0.5, 0.6) is 0 Å². The molecule has 1 aromatic rings. The van der Waals surface area contributed by atoms with E-state index in [0.29, 0.717) is 6.04 Å². The summed E-state index contributed by atoms with van der Waals surface area (Å²) in [7, 11) is 0. The standard InChI is InChI=1S/C15H29N3/c1-6-10-15(4,5)16-12-13-9-11-18(17-13)14(7-2)8-3/h9,11,14,16H,6-8,10,12H2,1-5H3. The third-order valence-electron chi connectivity index (χ3n) is 3.60. The van der Waals surface area contributed by atoms with Crippen molar-refractivity contribution in [3.8, 4) is 0 Å². The fourth-order valence-corrected chi connectivity index (χ4v) is 2.38. The maximum Gasteiger partial charge on any atom is 0.0762 e. The van der Waals surface area contributed by atoms with Crippen molar-refractivity contribution in [3.63, 3.8) is 0 Å². The highest BCUT2D eigenvalue weighted by molar-refractivity contribution is 5.00. The van der Waals surface area contributed by atoms with Crippen LogP contribution >= 0.6 is 0 Å². The van der Waals surface area contributed by atoms with Crippen molar-refractivity contribution in [2.45, 2.75) is 78.4 Å². The number of aromatic nitrogens is 2. The molecule has 0 spiro atoms. The van der Waals surface area contributed by atoms with Gasteiger partial charge < -0.3 is 5.32 Å². The molecule has 0 aliphatic rings. The van der Waals surface area contributed by atoms with Crippen LogP contribution in [0.1, 0.15) is 72.0 Å². The van der Waals surface area contributed by atoms with Gasteiger partial charge in [-0.2, -0.15) is 5.10 Å². The molecule has 0 unspecified atom stereocenters. The molecule has 0 bridgehead atoms. The maximum absolute atomic E-state index is 4.67. The SMILES string of the molecule is CCCC(C)(C)NCc1ccn(C(CC)CC)n1. The van der Waals surface area contributed by atoms with Gasteiger partial charge in [0.2, 0.25) is 0 Å². The molecular formula is C15H29N3. The number of hydrogen-bond acceptors (Lipinski definition) is 2. The number of nitrogens with zero attached hydrogens (tertiary/aromatic N) is 2. The molecule has 3 nitrogen and oxygen atoms in total. The third kappa shape index (κ3) is 4.45. The minimum atomic E-state index is 0.202. The Balaban J connectivity index is 2.54. The largest absolute Gasteiger partial charge is 0.306 e. The van der Waals surface area contributed by atoms with Gasteiger partial charge in [0.25, 0.3) is 0 Å². The molecule has 18 heavy (non-hydrogen) atoms. The van der Waals surface area contributed by atoms with Crippen LogP contribution in [0.15, 0.2) is 12.3 Å². The fourth-order valence-electron chi connectivity index (χ4n) is 2.38. The van der Waals surface area contributed by atoms with E-state index in [4.69, 9.17) is 0 Å². The van der Waals surface area contributed by atoms with Crippen molar-refractivity contribution < 1.29 is 0 Å². The second-order valence-corrected chi connectivity index (χ2v) is 5.74. The Morgan fingerprint density at radius 3 is 2.50 bits per heavy atom. The number of hydrogen-bond donors (Lipinski definition) is 1. The Morgan fingerprint density at radius 2 is 1.94 bits per heavy atom. The normalized spacial score (nSPS) is 12.3. The van der Waals surface area contributed by atoms with Gasteiger partial charge in [-0.25, -0.2) is 0 Å². The summed E-state index contributed by atoms with van der Waals surface area (Å²) in [5.74, 6) is 0. The predicted molar refractivity (Wildman–Crippen MR) is 77.7 cm³/mol. The lowest BCUT2D eigenvalue weighted by Crippen LogP contribution is -2.38. The summed E-state index contributed by atoms with van der Waals surface area (Å²) in [5, 5.41) is 8.26. The second-order valence-electron chi connectivity index (χ2n) is 5.74. The van der Waals surface area contributed by atoms with Gasteiger partial charge in [0, 0.05) is 18.3 Å². The predicted octanol–water partition coefficient (Wildman–Crippen LogP) is 3.91. The summed E-state index contributed by atoms with van der Waals surface area (Å²) >= 11 is 0.